The number of nitrogens with zero attached hydrogens (tertiary/aromatic N) is 4. The van der Waals surface area contributed by atoms with Gasteiger partial charge in [0.05, 0.1) is 6.54 Å². The molecule has 0 unspecified atom stereocenters. The molecule has 0 fully saturated rings. The molecule has 1 rings (SSSR count). The van der Waals surface area contributed by atoms with Gasteiger partial charge in [-0.1, -0.05) is 13.8 Å². The first-order chi connectivity index (χ1) is 5.74. The van der Waals surface area contributed by atoms with Gasteiger partial charge in [-0.3, -0.25) is 0 Å². The highest BCUT2D eigenvalue weighted by atomic mass is 15.5. The molecular weight excluding hydrogens is 154 g/mol. The van der Waals surface area contributed by atoms with Crippen molar-refractivity contribution < 1.29 is 0 Å². The zero-order valence-corrected chi connectivity index (χ0v) is 7.56. The van der Waals surface area contributed by atoms with Crippen LogP contribution in [0.25, 0.3) is 0 Å². The van der Waals surface area contributed by atoms with Crippen molar-refractivity contribution in [3.63, 3.8) is 0 Å². The maximum Gasteiger partial charge on any atom is 0.151 e. The van der Waals surface area contributed by atoms with Crippen molar-refractivity contribution in [1.82, 2.24) is 20.2 Å². The Kier molecular flexibility index (Phi) is 3.16. The first kappa shape index (κ1) is 9.12. The molecule has 5 heteroatoms. The Morgan fingerprint density at radius 3 is 2.83 bits per heavy atom. The Balaban J connectivity index is 2.63. The SMILES string of the molecule is CC(C)Cc1nnnn1CCN. The highest BCUT2D eigenvalue weighted by Crippen LogP contribution is 2.02. The number of aromatic nitrogens is 4. The summed E-state index contributed by atoms with van der Waals surface area (Å²) in [7, 11) is 0. The van der Waals surface area contributed by atoms with E-state index in [1.807, 2.05) is 0 Å². The van der Waals surface area contributed by atoms with Gasteiger partial charge in [-0.15, -0.1) is 5.10 Å². The molecule has 0 aromatic carbocycles. The molecule has 68 valence electrons. The highest BCUT2D eigenvalue weighted by molar-refractivity contribution is 4.82. The lowest BCUT2D eigenvalue weighted by molar-refractivity contribution is 0.535. The van der Waals surface area contributed by atoms with Crippen molar-refractivity contribution in [2.75, 3.05) is 6.54 Å². The minimum atomic E-state index is 0.576. The van der Waals surface area contributed by atoms with Gasteiger partial charge in [0.1, 0.15) is 0 Å². The van der Waals surface area contributed by atoms with Gasteiger partial charge in [0.2, 0.25) is 0 Å². The van der Waals surface area contributed by atoms with E-state index < -0.39 is 0 Å². The van der Waals surface area contributed by atoms with Gasteiger partial charge in [-0.2, -0.15) is 0 Å². The number of rotatable bonds is 4. The molecule has 0 spiro atoms. The average Bonchev–Trinajstić information content (AvgIpc) is 2.37. The lowest BCUT2D eigenvalue weighted by atomic mass is 10.1. The molecule has 0 saturated heterocycles. The third kappa shape index (κ3) is 2.27. The molecule has 0 aliphatic carbocycles. The van der Waals surface area contributed by atoms with Gasteiger partial charge in [0, 0.05) is 13.0 Å². The number of nitrogens with two attached hydrogens (primary N) is 1. The Bertz CT molecular complexity index is 229. The summed E-state index contributed by atoms with van der Waals surface area (Å²) >= 11 is 0. The van der Waals surface area contributed by atoms with Crippen LogP contribution in [0.3, 0.4) is 0 Å². The van der Waals surface area contributed by atoms with Crippen LogP contribution in [0.5, 0.6) is 0 Å². The highest BCUT2D eigenvalue weighted by Gasteiger charge is 2.06. The zero-order valence-electron chi connectivity index (χ0n) is 7.56. The number of tetrazole rings is 1. The summed E-state index contributed by atoms with van der Waals surface area (Å²) in [5, 5.41) is 11.4. The zero-order chi connectivity index (χ0) is 8.97. The predicted molar refractivity (Wildman–Crippen MR) is 45.4 cm³/mol. The summed E-state index contributed by atoms with van der Waals surface area (Å²) in [4.78, 5) is 0. The van der Waals surface area contributed by atoms with E-state index in [2.05, 4.69) is 29.4 Å². The fraction of sp³-hybridized carbons (Fsp3) is 0.857. The molecule has 12 heavy (non-hydrogen) atoms. The van der Waals surface area contributed by atoms with Crippen molar-refractivity contribution in [3.05, 3.63) is 5.82 Å². The van der Waals surface area contributed by atoms with E-state index in [1.165, 1.54) is 0 Å². The molecule has 0 aliphatic rings. The quantitative estimate of drug-likeness (QED) is 0.679. The summed E-state index contributed by atoms with van der Waals surface area (Å²) < 4.78 is 1.76. The van der Waals surface area contributed by atoms with Crippen LogP contribution >= 0.6 is 0 Å². The minimum Gasteiger partial charge on any atom is -0.329 e. The monoisotopic (exact) mass is 169 g/mol. The van der Waals surface area contributed by atoms with Gasteiger partial charge < -0.3 is 5.73 Å². The maximum atomic E-state index is 5.40. The standard InChI is InChI=1S/C7H15N5/c1-6(2)5-7-9-10-11-12(7)4-3-8/h6H,3-5,8H2,1-2H3. The minimum absolute atomic E-state index is 0.576. The van der Waals surface area contributed by atoms with E-state index in [4.69, 9.17) is 5.73 Å². The first-order valence-electron chi connectivity index (χ1n) is 4.19. The molecule has 2 N–H and O–H groups in total. The Labute approximate surface area is 71.9 Å². The third-order valence-electron chi connectivity index (χ3n) is 1.54. The predicted octanol–water partition coefficient (Wildman–Crippen LogP) is -0.170. The molecule has 5 nitrogen and oxygen atoms in total. The molecule has 0 saturated carbocycles. The number of hydrogen-bond acceptors (Lipinski definition) is 4. The van der Waals surface area contributed by atoms with Crippen molar-refractivity contribution >= 4 is 0 Å². The van der Waals surface area contributed by atoms with Crippen LogP contribution in [0.15, 0.2) is 0 Å². The van der Waals surface area contributed by atoms with Crippen molar-refractivity contribution in [2.24, 2.45) is 11.7 Å². The van der Waals surface area contributed by atoms with Gasteiger partial charge in [0.15, 0.2) is 5.82 Å². The lowest BCUT2D eigenvalue weighted by Crippen LogP contribution is -2.15. The van der Waals surface area contributed by atoms with Crippen molar-refractivity contribution in [1.29, 1.82) is 0 Å². The summed E-state index contributed by atoms with van der Waals surface area (Å²) in [5.74, 6) is 1.50. The molecular formula is C7H15N5. The van der Waals surface area contributed by atoms with Crippen LogP contribution < -0.4 is 5.73 Å². The van der Waals surface area contributed by atoms with E-state index in [0.29, 0.717) is 19.0 Å². The molecule has 0 amide bonds. The van der Waals surface area contributed by atoms with Crippen LogP contribution in [0.2, 0.25) is 0 Å². The van der Waals surface area contributed by atoms with E-state index >= 15 is 0 Å². The van der Waals surface area contributed by atoms with Crippen LogP contribution in [-0.2, 0) is 13.0 Å². The van der Waals surface area contributed by atoms with E-state index in [1.54, 1.807) is 4.68 Å². The second-order valence-corrected chi connectivity index (χ2v) is 3.20. The molecule has 0 bridgehead atoms. The first-order valence-corrected chi connectivity index (χ1v) is 4.19. The van der Waals surface area contributed by atoms with E-state index in [0.717, 1.165) is 12.2 Å². The fourth-order valence-electron chi connectivity index (χ4n) is 1.03. The lowest BCUT2D eigenvalue weighted by Gasteiger charge is -2.04. The third-order valence-corrected chi connectivity index (χ3v) is 1.54. The van der Waals surface area contributed by atoms with Gasteiger partial charge >= 0.3 is 0 Å². The number of hydrogen-bond donors (Lipinski definition) is 1. The molecule has 0 radical (unpaired) electrons. The molecule has 0 atom stereocenters. The summed E-state index contributed by atoms with van der Waals surface area (Å²) in [5.41, 5.74) is 5.40. The van der Waals surface area contributed by atoms with Crippen LogP contribution in [0.4, 0.5) is 0 Å². The second kappa shape index (κ2) is 4.15. The van der Waals surface area contributed by atoms with Crippen LogP contribution in [0.1, 0.15) is 19.7 Å². The normalized spacial score (nSPS) is 11.0. The largest absolute Gasteiger partial charge is 0.329 e. The van der Waals surface area contributed by atoms with E-state index in [-0.39, 0.29) is 0 Å². The van der Waals surface area contributed by atoms with Crippen molar-refractivity contribution in [3.8, 4) is 0 Å². The van der Waals surface area contributed by atoms with E-state index in [9.17, 15) is 0 Å². The average molecular weight is 169 g/mol. The fourth-order valence-corrected chi connectivity index (χ4v) is 1.03. The molecule has 1 heterocycles. The Morgan fingerprint density at radius 1 is 1.50 bits per heavy atom. The summed E-state index contributed by atoms with van der Waals surface area (Å²) in [6.45, 7) is 5.56. The molecule has 0 aliphatic heterocycles. The van der Waals surface area contributed by atoms with Gasteiger partial charge in [-0.25, -0.2) is 4.68 Å². The van der Waals surface area contributed by atoms with Gasteiger partial charge in [-0.05, 0) is 16.3 Å². The van der Waals surface area contributed by atoms with Gasteiger partial charge in [0.25, 0.3) is 0 Å². The maximum absolute atomic E-state index is 5.40. The topological polar surface area (TPSA) is 69.6 Å². The summed E-state index contributed by atoms with van der Waals surface area (Å²) in [6.07, 6.45) is 0.910. The second-order valence-electron chi connectivity index (χ2n) is 3.20. The smallest absolute Gasteiger partial charge is 0.151 e. The van der Waals surface area contributed by atoms with Crippen LogP contribution in [-0.4, -0.2) is 26.8 Å². The van der Waals surface area contributed by atoms with Crippen LogP contribution in [0, 0.1) is 5.92 Å². The molecule has 1 aromatic heterocycles. The molecule has 1 aromatic rings. The van der Waals surface area contributed by atoms with Crippen molar-refractivity contribution in [2.45, 2.75) is 26.8 Å². The Hall–Kier alpha value is -0.970. The summed E-state index contributed by atoms with van der Waals surface area (Å²) in [6, 6.07) is 0. The Morgan fingerprint density at radius 2 is 2.25 bits per heavy atom.